The van der Waals surface area contributed by atoms with Crippen LogP contribution in [0, 0.1) is 0 Å². The quantitative estimate of drug-likeness (QED) is 0.0969. The highest BCUT2D eigenvalue weighted by Gasteiger charge is 2.44. The molecular formula is C20H26N10O12P2. The fourth-order valence-corrected chi connectivity index (χ4v) is 6.24. The van der Waals surface area contributed by atoms with Crippen molar-refractivity contribution in [2.75, 3.05) is 24.7 Å². The van der Waals surface area contributed by atoms with Crippen molar-refractivity contribution < 1.29 is 52.0 Å². The Morgan fingerprint density at radius 3 is 2.34 bits per heavy atom. The molecule has 0 aliphatic carbocycles. The molecule has 9 N–H and O–H groups in total. The van der Waals surface area contributed by atoms with Crippen molar-refractivity contribution >= 4 is 49.7 Å². The van der Waals surface area contributed by atoms with Gasteiger partial charge in [0.15, 0.2) is 22.6 Å². The molecule has 238 valence electrons. The van der Waals surface area contributed by atoms with Gasteiger partial charge in [0, 0.05) is 12.8 Å². The number of rotatable bonds is 10. The molecule has 6 rings (SSSR count). The summed E-state index contributed by atoms with van der Waals surface area (Å²) in [5, 5.41) is 10.6. The maximum atomic E-state index is 13.0. The Labute approximate surface area is 244 Å². The number of hydrogen-bond acceptors (Lipinski definition) is 16. The predicted molar refractivity (Wildman–Crippen MR) is 144 cm³/mol. The molecule has 6 heterocycles. The summed E-state index contributed by atoms with van der Waals surface area (Å²) >= 11 is 0. The summed E-state index contributed by atoms with van der Waals surface area (Å²) in [5.41, 5.74) is 11.5. The average molecular weight is 660 g/mol. The van der Waals surface area contributed by atoms with E-state index in [-0.39, 0.29) is 35.8 Å². The monoisotopic (exact) mass is 660 g/mol. The second kappa shape index (κ2) is 11.5. The topological polar surface area (TPSA) is 320 Å². The van der Waals surface area contributed by atoms with Crippen molar-refractivity contribution in [2.45, 2.75) is 49.7 Å². The Morgan fingerprint density at radius 1 is 0.932 bits per heavy atom. The predicted octanol–water partition coefficient (Wildman–Crippen LogP) is -1.33. The zero-order valence-corrected chi connectivity index (χ0v) is 24.0. The largest absolute Gasteiger partial charge is 0.472 e. The molecule has 2 saturated heterocycles. The summed E-state index contributed by atoms with van der Waals surface area (Å²) in [6.45, 7) is -1.32. The van der Waals surface area contributed by atoms with Crippen LogP contribution in [-0.2, 0) is 32.2 Å². The number of nitrogens with zero attached hydrogens (tertiary/aromatic N) is 7. The molecule has 0 spiro atoms. The number of aromatic nitrogens is 8. The number of aromatic amines is 1. The van der Waals surface area contributed by atoms with E-state index in [4.69, 9.17) is 30.0 Å². The van der Waals surface area contributed by atoms with Crippen molar-refractivity contribution in [3.63, 3.8) is 0 Å². The van der Waals surface area contributed by atoms with E-state index in [9.17, 15) is 33.7 Å². The van der Waals surface area contributed by atoms with Crippen LogP contribution in [0.15, 0.2) is 23.8 Å². The van der Waals surface area contributed by atoms with Crippen LogP contribution < -0.4 is 17.0 Å². The summed E-state index contributed by atoms with van der Waals surface area (Å²) in [7, 11) is -9.87. The number of aliphatic hydroxyl groups is 1. The Bertz CT molecular complexity index is 1840. The minimum absolute atomic E-state index is 0.0248. The third-order valence-electron chi connectivity index (χ3n) is 6.92. The molecule has 24 heteroatoms. The number of hydrogen-bond donors (Lipinski definition) is 7. The molecular weight excluding hydrogens is 634 g/mol. The third kappa shape index (κ3) is 6.23. The van der Waals surface area contributed by atoms with Gasteiger partial charge in [-0.1, -0.05) is 0 Å². The fraction of sp³-hybridized carbons (Fsp3) is 0.500. The zero-order valence-electron chi connectivity index (χ0n) is 22.3. The van der Waals surface area contributed by atoms with Crippen LogP contribution in [-0.4, -0.2) is 96.5 Å². The summed E-state index contributed by atoms with van der Waals surface area (Å²) in [6, 6.07) is 0. The Hall–Kier alpha value is -3.40. The molecule has 22 nitrogen and oxygen atoms in total. The molecule has 0 aromatic carbocycles. The normalized spacial score (nSPS) is 27.4. The van der Waals surface area contributed by atoms with Gasteiger partial charge >= 0.3 is 15.6 Å². The highest BCUT2D eigenvalue weighted by molar-refractivity contribution is 7.47. The number of nitrogen functional groups attached to an aromatic ring is 2. The Balaban J connectivity index is 1.14. The van der Waals surface area contributed by atoms with E-state index >= 15 is 0 Å². The van der Waals surface area contributed by atoms with Gasteiger partial charge in [-0.2, -0.15) is 4.98 Å². The van der Waals surface area contributed by atoms with Crippen LogP contribution in [0.3, 0.4) is 0 Å². The van der Waals surface area contributed by atoms with Crippen LogP contribution in [0.5, 0.6) is 0 Å². The van der Waals surface area contributed by atoms with Gasteiger partial charge in [-0.05, 0) is 0 Å². The number of nitrogens with two attached hydrogens (primary N) is 2. The number of phosphoric ester groups is 2. The third-order valence-corrected chi connectivity index (χ3v) is 8.42. The molecule has 0 amide bonds. The first-order valence-electron chi connectivity index (χ1n) is 12.8. The summed E-state index contributed by atoms with van der Waals surface area (Å²) in [6.07, 6.45) is -2.82. The molecule has 0 radical (unpaired) electrons. The number of aliphatic hydroxyl groups excluding tert-OH is 1. The van der Waals surface area contributed by atoms with E-state index in [1.54, 1.807) is 0 Å². The van der Waals surface area contributed by atoms with Gasteiger partial charge in [0.1, 0.15) is 42.6 Å². The minimum Gasteiger partial charge on any atom is -0.390 e. The van der Waals surface area contributed by atoms with Crippen LogP contribution in [0.4, 0.5) is 11.8 Å². The lowest BCUT2D eigenvalue weighted by atomic mass is 10.2. The summed E-state index contributed by atoms with van der Waals surface area (Å²) in [5.74, 6) is -0.0506. The lowest BCUT2D eigenvalue weighted by Crippen LogP contribution is -2.29. The van der Waals surface area contributed by atoms with E-state index in [0.717, 1.165) is 0 Å². The highest BCUT2D eigenvalue weighted by atomic mass is 31.2. The maximum Gasteiger partial charge on any atom is 0.472 e. The molecule has 44 heavy (non-hydrogen) atoms. The van der Waals surface area contributed by atoms with Crippen LogP contribution in [0.1, 0.15) is 25.3 Å². The first-order valence-corrected chi connectivity index (χ1v) is 15.8. The van der Waals surface area contributed by atoms with Gasteiger partial charge in [-0.3, -0.25) is 32.5 Å². The van der Waals surface area contributed by atoms with E-state index < -0.39 is 71.3 Å². The van der Waals surface area contributed by atoms with Crippen molar-refractivity contribution in [1.82, 2.24) is 39.0 Å². The molecule has 0 bridgehead atoms. The van der Waals surface area contributed by atoms with Gasteiger partial charge in [0.05, 0.1) is 32.0 Å². The number of fused-ring (bicyclic) bond motifs is 2. The second-order valence-electron chi connectivity index (χ2n) is 9.85. The molecule has 2 aliphatic rings. The van der Waals surface area contributed by atoms with Crippen molar-refractivity contribution in [3.05, 3.63) is 29.3 Å². The van der Waals surface area contributed by atoms with E-state index in [1.807, 2.05) is 0 Å². The van der Waals surface area contributed by atoms with Crippen LogP contribution >= 0.6 is 15.6 Å². The fourth-order valence-electron chi connectivity index (χ4n) is 4.94. The van der Waals surface area contributed by atoms with Gasteiger partial charge in [-0.15, -0.1) is 0 Å². The van der Waals surface area contributed by atoms with Crippen LogP contribution in [0.2, 0.25) is 0 Å². The SMILES string of the molecule is Nc1nc2c(ncn2[C@@H]2C[C@H](OP(=O)(O)OC[C@H]3O[C@@H](n4cnc5c(N)ncnc54)C[C@@H]3O)[C@@H](COP(=O)(O)O)O2)c(=O)[nH]1. The molecule has 2 fully saturated rings. The highest BCUT2D eigenvalue weighted by Crippen LogP contribution is 2.50. The standard InChI is InChI=1S/C20H26N10O12P2/c21-16-14-17(24-5-23-16)29(6-25-14)12-1-8(31)10(40-12)3-39-44(36,37)42-9-2-13(41-11(9)4-38-43(33,34)35)30-7-26-15-18(30)27-20(22)28-19(15)32/h5-13,31H,1-4H2,(H,36,37)(H2,21,23,24)(H2,33,34,35)(H3,22,27,28,32)/t8-,9-,10+,11+,12+,13-/m0/s1. The van der Waals surface area contributed by atoms with Gasteiger partial charge in [-0.25, -0.2) is 29.1 Å². The number of imidazole rings is 2. The van der Waals surface area contributed by atoms with Crippen LogP contribution in [0.25, 0.3) is 22.3 Å². The summed E-state index contributed by atoms with van der Waals surface area (Å²) in [4.78, 5) is 63.5. The van der Waals surface area contributed by atoms with E-state index in [0.29, 0.717) is 11.2 Å². The lowest BCUT2D eigenvalue weighted by molar-refractivity contribution is -0.0549. The Morgan fingerprint density at radius 2 is 1.59 bits per heavy atom. The van der Waals surface area contributed by atoms with E-state index in [1.165, 1.54) is 28.1 Å². The smallest absolute Gasteiger partial charge is 0.390 e. The van der Waals surface area contributed by atoms with E-state index in [2.05, 4.69) is 34.4 Å². The molecule has 7 atom stereocenters. The molecule has 4 aromatic rings. The molecule has 0 saturated carbocycles. The first-order chi connectivity index (χ1) is 20.8. The molecule has 2 aliphatic heterocycles. The number of ether oxygens (including phenoxy) is 2. The number of nitrogens with one attached hydrogen (secondary N) is 1. The number of H-pyrrole nitrogens is 1. The minimum atomic E-state index is -4.96. The van der Waals surface area contributed by atoms with Crippen molar-refractivity contribution in [2.24, 2.45) is 0 Å². The number of phosphoric acid groups is 2. The number of anilines is 2. The molecule has 4 aromatic heterocycles. The van der Waals surface area contributed by atoms with Crippen molar-refractivity contribution in [3.8, 4) is 0 Å². The maximum absolute atomic E-state index is 13.0. The zero-order chi connectivity index (χ0) is 31.4. The lowest BCUT2D eigenvalue weighted by Gasteiger charge is -2.22. The van der Waals surface area contributed by atoms with Gasteiger partial charge in [0.2, 0.25) is 5.95 Å². The second-order valence-corrected chi connectivity index (χ2v) is 12.5. The van der Waals surface area contributed by atoms with Gasteiger partial charge < -0.3 is 40.7 Å². The summed E-state index contributed by atoms with van der Waals surface area (Å²) < 4.78 is 53.8. The van der Waals surface area contributed by atoms with Crippen molar-refractivity contribution in [1.29, 1.82) is 0 Å². The average Bonchev–Trinajstić information content (AvgIpc) is 3.71. The van der Waals surface area contributed by atoms with Gasteiger partial charge in [0.25, 0.3) is 5.56 Å². The Kier molecular flexibility index (Phi) is 8.01. The first kappa shape index (κ1) is 30.6. The molecule has 1 unspecified atom stereocenters.